The first kappa shape index (κ1) is 15.7. The van der Waals surface area contributed by atoms with E-state index in [2.05, 4.69) is 4.18 Å². The highest BCUT2D eigenvalue weighted by molar-refractivity contribution is 7.80. The van der Waals surface area contributed by atoms with Crippen molar-refractivity contribution in [2.75, 3.05) is 13.2 Å². The predicted octanol–water partition coefficient (Wildman–Crippen LogP) is -3.76. The van der Waals surface area contributed by atoms with Crippen molar-refractivity contribution >= 4 is 10.4 Å². The van der Waals surface area contributed by atoms with Crippen LogP contribution in [0.15, 0.2) is 0 Å². The molecule has 0 fully saturated rings. The fourth-order valence-corrected chi connectivity index (χ4v) is 1.13. The third kappa shape index (κ3) is 5.67. The lowest BCUT2D eigenvalue weighted by atomic mass is 10.0. The van der Waals surface area contributed by atoms with Gasteiger partial charge in [0.1, 0.15) is 24.4 Å². The molecule has 16 heavy (non-hydrogen) atoms. The van der Waals surface area contributed by atoms with Crippen LogP contribution in [0, 0.1) is 0 Å². The maximum Gasteiger partial charge on any atom is 0.397 e. The normalized spacial score (nSPS) is 20.1. The molecule has 0 aromatic heterocycles. The van der Waals surface area contributed by atoms with Gasteiger partial charge in [-0.15, -0.1) is 0 Å². The van der Waals surface area contributed by atoms with E-state index in [1.165, 1.54) is 0 Å². The van der Waals surface area contributed by atoms with Crippen molar-refractivity contribution in [2.45, 2.75) is 24.4 Å². The van der Waals surface area contributed by atoms with E-state index in [-0.39, 0.29) is 0 Å². The summed E-state index contributed by atoms with van der Waals surface area (Å²) in [5.41, 5.74) is 0. The van der Waals surface area contributed by atoms with Gasteiger partial charge in [-0.3, -0.25) is 4.55 Å². The number of hydrogen-bond acceptors (Lipinski definition) is 8. The molecule has 4 atom stereocenters. The smallest absolute Gasteiger partial charge is 0.394 e. The van der Waals surface area contributed by atoms with Crippen LogP contribution in [0.25, 0.3) is 0 Å². The highest BCUT2D eigenvalue weighted by Gasteiger charge is 2.30. The van der Waals surface area contributed by atoms with Gasteiger partial charge in [0, 0.05) is 0 Å². The summed E-state index contributed by atoms with van der Waals surface area (Å²) in [5, 5.41) is 44.7. The molecule has 9 nitrogen and oxygen atoms in total. The summed E-state index contributed by atoms with van der Waals surface area (Å²) in [6, 6.07) is 0. The minimum atomic E-state index is -4.77. The Hall–Kier alpha value is -0.330. The van der Waals surface area contributed by atoms with Crippen molar-refractivity contribution in [3.05, 3.63) is 0 Å². The Morgan fingerprint density at radius 3 is 1.81 bits per heavy atom. The summed E-state index contributed by atoms with van der Waals surface area (Å²) in [4.78, 5) is 0. The predicted molar refractivity (Wildman–Crippen MR) is 48.6 cm³/mol. The summed E-state index contributed by atoms with van der Waals surface area (Å²) < 4.78 is 32.1. The lowest BCUT2D eigenvalue weighted by molar-refractivity contribution is -0.121. The van der Waals surface area contributed by atoms with Crippen molar-refractivity contribution < 1.29 is 42.7 Å². The van der Waals surface area contributed by atoms with E-state index < -0.39 is 48.0 Å². The van der Waals surface area contributed by atoms with Crippen molar-refractivity contribution in [2.24, 2.45) is 0 Å². The Morgan fingerprint density at radius 1 is 1.00 bits per heavy atom. The van der Waals surface area contributed by atoms with E-state index in [1.54, 1.807) is 0 Å². The van der Waals surface area contributed by atoms with E-state index in [9.17, 15) is 8.42 Å². The van der Waals surface area contributed by atoms with Crippen LogP contribution in [-0.4, -0.2) is 76.1 Å². The molecule has 0 saturated heterocycles. The molecule has 0 radical (unpaired) electrons. The van der Waals surface area contributed by atoms with Gasteiger partial charge in [-0.05, 0) is 0 Å². The molecule has 0 bridgehead atoms. The molecule has 0 amide bonds. The summed E-state index contributed by atoms with van der Waals surface area (Å²) >= 11 is 0. The molecule has 0 aliphatic heterocycles. The largest absolute Gasteiger partial charge is 0.397 e. The number of rotatable bonds is 7. The Morgan fingerprint density at radius 2 is 1.44 bits per heavy atom. The second-order valence-corrected chi connectivity index (χ2v) is 4.10. The maximum atomic E-state index is 10.1. The zero-order valence-corrected chi connectivity index (χ0v) is 8.86. The molecule has 6 N–H and O–H groups in total. The first-order valence-corrected chi connectivity index (χ1v) is 5.50. The fourth-order valence-electron chi connectivity index (χ4n) is 0.817. The van der Waals surface area contributed by atoms with Gasteiger partial charge in [-0.2, -0.15) is 8.42 Å². The third-order valence-electron chi connectivity index (χ3n) is 1.71. The van der Waals surface area contributed by atoms with Crippen molar-refractivity contribution in [1.29, 1.82) is 0 Å². The maximum absolute atomic E-state index is 10.1. The molecule has 0 rings (SSSR count). The van der Waals surface area contributed by atoms with E-state index in [0.29, 0.717) is 0 Å². The van der Waals surface area contributed by atoms with Crippen LogP contribution in [0.2, 0.25) is 0 Å². The summed E-state index contributed by atoms with van der Waals surface area (Å²) in [5.74, 6) is 0. The van der Waals surface area contributed by atoms with E-state index >= 15 is 0 Å². The van der Waals surface area contributed by atoms with Gasteiger partial charge in [0.15, 0.2) is 0 Å². The van der Waals surface area contributed by atoms with Crippen LogP contribution in [0.4, 0.5) is 0 Å². The monoisotopic (exact) mass is 262 g/mol. The van der Waals surface area contributed by atoms with E-state index in [4.69, 9.17) is 30.1 Å². The number of hydrogen-bond donors (Lipinski definition) is 6. The first-order valence-electron chi connectivity index (χ1n) is 4.14. The van der Waals surface area contributed by atoms with Gasteiger partial charge >= 0.3 is 10.4 Å². The van der Waals surface area contributed by atoms with Crippen LogP contribution in [0.3, 0.4) is 0 Å². The molecule has 0 aliphatic carbocycles. The first-order chi connectivity index (χ1) is 7.19. The fraction of sp³-hybridized carbons (Fsp3) is 1.00. The number of aliphatic hydroxyl groups is 5. The second-order valence-electron chi connectivity index (χ2n) is 3.01. The van der Waals surface area contributed by atoms with E-state index in [0.717, 1.165) is 0 Å². The van der Waals surface area contributed by atoms with Crippen LogP contribution in [0.1, 0.15) is 0 Å². The van der Waals surface area contributed by atoms with Gasteiger partial charge in [-0.25, -0.2) is 4.18 Å². The average molecular weight is 262 g/mol. The van der Waals surface area contributed by atoms with Crippen molar-refractivity contribution in [3.8, 4) is 0 Å². The van der Waals surface area contributed by atoms with Crippen molar-refractivity contribution in [3.63, 3.8) is 0 Å². The Labute approximate surface area is 91.5 Å². The average Bonchev–Trinajstić information content (AvgIpc) is 2.21. The van der Waals surface area contributed by atoms with Gasteiger partial charge in [0.25, 0.3) is 0 Å². The Bertz CT molecular complexity index is 288. The molecule has 98 valence electrons. The minimum Gasteiger partial charge on any atom is -0.394 e. The van der Waals surface area contributed by atoms with Crippen LogP contribution in [-0.2, 0) is 14.6 Å². The second kappa shape index (κ2) is 6.42. The Kier molecular flexibility index (Phi) is 6.28. The summed E-state index contributed by atoms with van der Waals surface area (Å²) in [6.07, 6.45) is -7.39. The molecule has 0 heterocycles. The molecule has 0 spiro atoms. The molecule has 10 heteroatoms. The minimum absolute atomic E-state index is 0.857. The topological polar surface area (TPSA) is 165 Å². The Balaban J connectivity index is 4.22. The van der Waals surface area contributed by atoms with Crippen LogP contribution >= 0.6 is 0 Å². The van der Waals surface area contributed by atoms with E-state index in [1.807, 2.05) is 0 Å². The molecule has 0 aliphatic rings. The molecule has 4 unspecified atom stereocenters. The van der Waals surface area contributed by atoms with Gasteiger partial charge in [0.2, 0.25) is 0 Å². The summed E-state index contributed by atoms with van der Waals surface area (Å²) in [6.45, 7) is -1.86. The third-order valence-corrected chi connectivity index (χ3v) is 2.15. The molecule has 0 aromatic carbocycles. The highest BCUT2D eigenvalue weighted by Crippen LogP contribution is 2.06. The molecular weight excluding hydrogens is 248 g/mol. The van der Waals surface area contributed by atoms with Gasteiger partial charge < -0.3 is 25.5 Å². The quantitative estimate of drug-likeness (QED) is 0.253. The zero-order chi connectivity index (χ0) is 12.9. The summed E-state index contributed by atoms with van der Waals surface area (Å²) in [7, 11) is -4.77. The molecule has 0 saturated carbocycles. The highest BCUT2D eigenvalue weighted by atomic mass is 32.3. The van der Waals surface area contributed by atoms with Crippen molar-refractivity contribution in [1.82, 2.24) is 0 Å². The van der Waals surface area contributed by atoms with Gasteiger partial charge in [-0.1, -0.05) is 0 Å². The lowest BCUT2D eigenvalue weighted by Crippen LogP contribution is -2.47. The lowest BCUT2D eigenvalue weighted by Gasteiger charge is -2.24. The van der Waals surface area contributed by atoms with Gasteiger partial charge in [0.05, 0.1) is 13.2 Å². The van der Waals surface area contributed by atoms with Crippen LogP contribution in [0.5, 0.6) is 0 Å². The SMILES string of the molecule is O=S(=O)(O)OCC(O)C(O)C(O)C(O)CO. The van der Waals surface area contributed by atoms with Crippen LogP contribution < -0.4 is 0 Å². The molecular formula is C6H14O9S. The zero-order valence-electron chi connectivity index (χ0n) is 8.04. The molecule has 0 aromatic rings. The number of aliphatic hydroxyl groups excluding tert-OH is 5. The standard InChI is InChI=1S/C6H14O9S/c7-1-3(8)5(10)6(11)4(9)2-15-16(12,13)14/h3-11H,1-2H2,(H,12,13,14).